The molecule has 1 rings (SSSR count). The molecule has 0 unspecified atom stereocenters. The standard InChI is InChI=1S/C13H13ClO4S/c1-9(7-12(15)16)13(17)18-5-6-19-11-4-2-3-10(14)8-11/h2-4,8H,1,5-7H2,(H,15,16). The summed E-state index contributed by atoms with van der Waals surface area (Å²) in [5, 5.41) is 9.14. The van der Waals surface area contributed by atoms with Gasteiger partial charge in [-0.1, -0.05) is 24.2 Å². The van der Waals surface area contributed by atoms with E-state index in [4.69, 9.17) is 21.4 Å². The van der Waals surface area contributed by atoms with Gasteiger partial charge in [0.2, 0.25) is 0 Å². The molecule has 0 amide bonds. The zero-order valence-electron chi connectivity index (χ0n) is 10.1. The summed E-state index contributed by atoms with van der Waals surface area (Å²) in [5.74, 6) is -1.21. The molecular formula is C13H13ClO4S. The van der Waals surface area contributed by atoms with E-state index in [-0.39, 0.29) is 12.2 Å². The van der Waals surface area contributed by atoms with Crippen molar-refractivity contribution in [3.8, 4) is 0 Å². The smallest absolute Gasteiger partial charge is 0.334 e. The molecule has 0 fully saturated rings. The summed E-state index contributed by atoms with van der Waals surface area (Å²) < 4.78 is 4.90. The highest BCUT2D eigenvalue weighted by Gasteiger charge is 2.11. The van der Waals surface area contributed by atoms with Crippen LogP contribution in [0.25, 0.3) is 0 Å². The minimum absolute atomic E-state index is 0.0553. The van der Waals surface area contributed by atoms with E-state index in [1.54, 1.807) is 6.07 Å². The Kier molecular flexibility index (Phi) is 6.45. The molecule has 0 aliphatic carbocycles. The van der Waals surface area contributed by atoms with Gasteiger partial charge >= 0.3 is 11.9 Å². The Morgan fingerprint density at radius 2 is 2.16 bits per heavy atom. The SMILES string of the molecule is C=C(CC(=O)O)C(=O)OCCSc1cccc(Cl)c1. The summed E-state index contributed by atoms with van der Waals surface area (Å²) in [7, 11) is 0. The highest BCUT2D eigenvalue weighted by Crippen LogP contribution is 2.21. The Morgan fingerprint density at radius 3 is 2.79 bits per heavy atom. The van der Waals surface area contributed by atoms with E-state index < -0.39 is 18.4 Å². The lowest BCUT2D eigenvalue weighted by molar-refractivity contribution is -0.142. The van der Waals surface area contributed by atoms with E-state index >= 15 is 0 Å². The molecule has 0 heterocycles. The summed E-state index contributed by atoms with van der Waals surface area (Å²) in [6.07, 6.45) is -0.403. The van der Waals surface area contributed by atoms with Crippen LogP contribution in [0.3, 0.4) is 0 Å². The van der Waals surface area contributed by atoms with Crippen molar-refractivity contribution in [2.45, 2.75) is 11.3 Å². The Bertz CT molecular complexity index is 487. The first-order valence-corrected chi connectivity index (χ1v) is 6.80. The average molecular weight is 301 g/mol. The van der Waals surface area contributed by atoms with Gasteiger partial charge in [-0.25, -0.2) is 4.79 Å². The first kappa shape index (κ1) is 15.6. The number of carboxylic acid groups (broad SMARTS) is 1. The molecule has 1 aromatic rings. The number of aliphatic carboxylic acids is 1. The largest absolute Gasteiger partial charge is 0.481 e. The van der Waals surface area contributed by atoms with Crippen molar-refractivity contribution in [3.63, 3.8) is 0 Å². The fourth-order valence-electron chi connectivity index (χ4n) is 1.21. The average Bonchev–Trinajstić information content (AvgIpc) is 2.33. The van der Waals surface area contributed by atoms with Gasteiger partial charge in [-0.15, -0.1) is 11.8 Å². The lowest BCUT2D eigenvalue weighted by atomic mass is 10.2. The normalized spacial score (nSPS) is 9.95. The van der Waals surface area contributed by atoms with Crippen molar-refractivity contribution in [2.75, 3.05) is 12.4 Å². The number of hydrogen-bond acceptors (Lipinski definition) is 4. The summed E-state index contributed by atoms with van der Waals surface area (Å²) in [5.41, 5.74) is -0.0553. The number of benzene rings is 1. The van der Waals surface area contributed by atoms with Gasteiger partial charge in [-0.2, -0.15) is 0 Å². The third kappa shape index (κ3) is 6.31. The van der Waals surface area contributed by atoms with E-state index in [1.165, 1.54) is 11.8 Å². The van der Waals surface area contributed by atoms with Crippen LogP contribution < -0.4 is 0 Å². The van der Waals surface area contributed by atoms with Crippen molar-refractivity contribution < 1.29 is 19.4 Å². The number of carbonyl (C=O) groups is 2. The van der Waals surface area contributed by atoms with Crippen molar-refractivity contribution in [3.05, 3.63) is 41.4 Å². The molecule has 6 heteroatoms. The lowest BCUT2D eigenvalue weighted by Crippen LogP contribution is -2.12. The Morgan fingerprint density at radius 1 is 1.42 bits per heavy atom. The van der Waals surface area contributed by atoms with Gasteiger partial charge in [0.15, 0.2) is 0 Å². The monoisotopic (exact) mass is 300 g/mol. The lowest BCUT2D eigenvalue weighted by Gasteiger charge is -2.05. The quantitative estimate of drug-likeness (QED) is 0.363. The maximum atomic E-state index is 11.3. The van der Waals surface area contributed by atoms with Gasteiger partial charge < -0.3 is 9.84 Å². The zero-order chi connectivity index (χ0) is 14.3. The van der Waals surface area contributed by atoms with Crippen LogP contribution in [0.5, 0.6) is 0 Å². The second kappa shape index (κ2) is 7.86. The van der Waals surface area contributed by atoms with Gasteiger partial charge in [0.25, 0.3) is 0 Å². The van der Waals surface area contributed by atoms with Crippen molar-refractivity contribution in [1.29, 1.82) is 0 Å². The Balaban J connectivity index is 2.25. The Labute approximate surface area is 120 Å². The highest BCUT2D eigenvalue weighted by molar-refractivity contribution is 7.99. The molecule has 0 saturated carbocycles. The predicted molar refractivity (Wildman–Crippen MR) is 74.5 cm³/mol. The molecule has 0 bridgehead atoms. The fraction of sp³-hybridized carbons (Fsp3) is 0.231. The van der Waals surface area contributed by atoms with Crippen molar-refractivity contribution in [1.82, 2.24) is 0 Å². The maximum Gasteiger partial charge on any atom is 0.334 e. The topological polar surface area (TPSA) is 63.6 Å². The molecule has 0 radical (unpaired) electrons. The number of rotatable bonds is 7. The van der Waals surface area contributed by atoms with Crippen LogP contribution in [0.2, 0.25) is 5.02 Å². The number of halogens is 1. The van der Waals surface area contributed by atoms with E-state index in [9.17, 15) is 9.59 Å². The first-order valence-electron chi connectivity index (χ1n) is 5.44. The van der Waals surface area contributed by atoms with Gasteiger partial charge in [0, 0.05) is 21.2 Å². The van der Waals surface area contributed by atoms with Gasteiger partial charge in [-0.05, 0) is 18.2 Å². The first-order chi connectivity index (χ1) is 8.99. The fourth-order valence-corrected chi connectivity index (χ4v) is 2.25. The summed E-state index contributed by atoms with van der Waals surface area (Å²) in [6, 6.07) is 7.34. The second-order valence-electron chi connectivity index (χ2n) is 3.62. The molecule has 19 heavy (non-hydrogen) atoms. The molecule has 0 aliphatic heterocycles. The van der Waals surface area contributed by atoms with Gasteiger partial charge in [-0.3, -0.25) is 4.79 Å². The second-order valence-corrected chi connectivity index (χ2v) is 5.22. The van der Waals surface area contributed by atoms with Crippen LogP contribution in [0.4, 0.5) is 0 Å². The van der Waals surface area contributed by atoms with Crippen LogP contribution in [0.1, 0.15) is 6.42 Å². The van der Waals surface area contributed by atoms with Crippen molar-refractivity contribution >= 4 is 35.3 Å². The molecular weight excluding hydrogens is 288 g/mol. The number of carbonyl (C=O) groups excluding carboxylic acids is 1. The van der Waals surface area contributed by atoms with Crippen LogP contribution in [0.15, 0.2) is 41.3 Å². The van der Waals surface area contributed by atoms with Crippen molar-refractivity contribution in [2.24, 2.45) is 0 Å². The minimum Gasteiger partial charge on any atom is -0.481 e. The zero-order valence-corrected chi connectivity index (χ0v) is 11.7. The van der Waals surface area contributed by atoms with E-state index in [2.05, 4.69) is 6.58 Å². The van der Waals surface area contributed by atoms with E-state index in [0.29, 0.717) is 10.8 Å². The molecule has 4 nitrogen and oxygen atoms in total. The number of hydrogen-bond donors (Lipinski definition) is 1. The minimum atomic E-state index is -1.10. The predicted octanol–water partition coefficient (Wildman–Crippen LogP) is 3.01. The summed E-state index contributed by atoms with van der Waals surface area (Å²) in [6.45, 7) is 3.55. The van der Waals surface area contributed by atoms with Crippen LogP contribution in [-0.2, 0) is 14.3 Å². The molecule has 0 aliphatic rings. The molecule has 0 spiro atoms. The molecule has 0 saturated heterocycles. The maximum absolute atomic E-state index is 11.3. The molecule has 1 N–H and O–H groups in total. The number of carboxylic acids is 1. The Hall–Kier alpha value is -1.46. The molecule has 102 valence electrons. The number of thioether (sulfide) groups is 1. The third-order valence-corrected chi connectivity index (χ3v) is 3.23. The van der Waals surface area contributed by atoms with Gasteiger partial charge in [0.05, 0.1) is 6.42 Å². The van der Waals surface area contributed by atoms with E-state index in [0.717, 1.165) is 4.90 Å². The van der Waals surface area contributed by atoms with Gasteiger partial charge in [0.1, 0.15) is 6.61 Å². The van der Waals surface area contributed by atoms with E-state index in [1.807, 2.05) is 18.2 Å². The van der Waals surface area contributed by atoms with Crippen LogP contribution in [0, 0.1) is 0 Å². The summed E-state index contributed by atoms with van der Waals surface area (Å²) >= 11 is 7.33. The number of ether oxygens (including phenoxy) is 1. The highest BCUT2D eigenvalue weighted by atomic mass is 35.5. The molecule has 1 aromatic carbocycles. The summed E-state index contributed by atoms with van der Waals surface area (Å²) in [4.78, 5) is 22.7. The van der Waals surface area contributed by atoms with Crippen LogP contribution >= 0.6 is 23.4 Å². The third-order valence-electron chi connectivity index (χ3n) is 2.03. The molecule has 0 aromatic heterocycles. The molecule has 0 atom stereocenters. The number of esters is 1. The van der Waals surface area contributed by atoms with Crippen LogP contribution in [-0.4, -0.2) is 29.4 Å².